The fourth-order valence-electron chi connectivity index (χ4n) is 5.49. The molecule has 2 aliphatic heterocycles. The Morgan fingerprint density at radius 3 is 2.46 bits per heavy atom. The van der Waals surface area contributed by atoms with Crippen LogP contribution < -0.4 is 20.5 Å². The standard InChI is InChI=1S/C29H34ClF3N8O6S/c1-3-22-25(39-11-9-38(10-12-39)24(43)16-34-48(45,46)4-2)27(44)41-28(36-26(37-41)18-7-13-47-14-8-18)40(22)17-23(42)35-21-6-5-19(15-20(21)30)29(31,32)33/h5-7,15,34H,3-4,8-14,16-17H2,1-2H3,(H,35,42). The number of fused-ring (bicyclic) bond motifs is 1. The molecule has 0 atom stereocenters. The van der Waals surface area contributed by atoms with E-state index in [0.717, 1.165) is 28.3 Å². The highest BCUT2D eigenvalue weighted by Gasteiger charge is 2.32. The van der Waals surface area contributed by atoms with Crippen LogP contribution in [0.1, 0.15) is 37.4 Å². The highest BCUT2D eigenvalue weighted by molar-refractivity contribution is 7.89. The molecule has 1 saturated heterocycles. The van der Waals surface area contributed by atoms with E-state index in [1.54, 1.807) is 11.8 Å². The minimum atomic E-state index is -4.61. The van der Waals surface area contributed by atoms with E-state index in [4.69, 9.17) is 16.3 Å². The van der Waals surface area contributed by atoms with Crippen molar-refractivity contribution in [2.75, 3.05) is 61.9 Å². The number of benzene rings is 1. The molecule has 48 heavy (non-hydrogen) atoms. The lowest BCUT2D eigenvalue weighted by molar-refractivity contribution is -0.137. The fraction of sp³-hybridized carbons (Fsp3) is 0.483. The van der Waals surface area contributed by atoms with Gasteiger partial charge in [-0.1, -0.05) is 24.6 Å². The summed E-state index contributed by atoms with van der Waals surface area (Å²) in [5.41, 5.74) is 0.00104. The molecule has 2 aromatic heterocycles. The van der Waals surface area contributed by atoms with Crippen molar-refractivity contribution in [3.05, 3.63) is 56.7 Å². The maximum absolute atomic E-state index is 14.0. The second-order valence-electron chi connectivity index (χ2n) is 11.1. The van der Waals surface area contributed by atoms with Crippen LogP contribution in [0.4, 0.5) is 24.5 Å². The number of carbonyl (C=O) groups is 2. The van der Waals surface area contributed by atoms with Gasteiger partial charge in [-0.2, -0.15) is 22.7 Å². The van der Waals surface area contributed by atoms with Crippen LogP contribution in [0.2, 0.25) is 5.02 Å². The molecule has 5 rings (SSSR count). The topological polar surface area (TPSA) is 160 Å². The molecule has 2 aliphatic rings. The molecule has 0 spiro atoms. The Kier molecular flexibility index (Phi) is 10.5. The van der Waals surface area contributed by atoms with Gasteiger partial charge in [0, 0.05) is 26.2 Å². The van der Waals surface area contributed by atoms with E-state index in [0.29, 0.717) is 31.2 Å². The minimum absolute atomic E-state index is 0.0264. The van der Waals surface area contributed by atoms with Gasteiger partial charge in [-0.05, 0) is 43.5 Å². The van der Waals surface area contributed by atoms with Crippen molar-refractivity contribution in [3.63, 3.8) is 0 Å². The Hall–Kier alpha value is -4.00. The van der Waals surface area contributed by atoms with Crippen molar-refractivity contribution in [1.29, 1.82) is 0 Å². The number of nitrogens with zero attached hydrogens (tertiary/aromatic N) is 6. The normalized spacial score (nSPS) is 15.9. The Labute approximate surface area is 278 Å². The molecular weight excluding hydrogens is 681 g/mol. The first-order valence-electron chi connectivity index (χ1n) is 15.2. The Morgan fingerprint density at radius 1 is 1.12 bits per heavy atom. The third kappa shape index (κ3) is 7.66. The molecular formula is C29H34ClF3N8O6S. The molecule has 0 unspecified atom stereocenters. The van der Waals surface area contributed by atoms with Crippen LogP contribution in [0, 0.1) is 0 Å². The van der Waals surface area contributed by atoms with Gasteiger partial charge in [-0.25, -0.2) is 13.1 Å². The number of carbonyl (C=O) groups excluding carboxylic acids is 2. The van der Waals surface area contributed by atoms with Crippen LogP contribution in [-0.2, 0) is 43.5 Å². The first kappa shape index (κ1) is 35.3. The van der Waals surface area contributed by atoms with E-state index in [9.17, 15) is 36.0 Å². The third-order valence-corrected chi connectivity index (χ3v) is 9.71. The number of aromatic nitrogens is 4. The summed E-state index contributed by atoms with van der Waals surface area (Å²) in [4.78, 5) is 48.1. The quantitative estimate of drug-likeness (QED) is 0.321. The number of alkyl halides is 3. The predicted octanol–water partition coefficient (Wildman–Crippen LogP) is 2.16. The number of amides is 2. The summed E-state index contributed by atoms with van der Waals surface area (Å²) in [6.45, 7) is 4.17. The van der Waals surface area contributed by atoms with Crippen molar-refractivity contribution in [2.24, 2.45) is 0 Å². The van der Waals surface area contributed by atoms with Crippen molar-refractivity contribution in [2.45, 2.75) is 39.4 Å². The third-order valence-electron chi connectivity index (χ3n) is 8.06. The number of ether oxygens (including phenoxy) is 1. The largest absolute Gasteiger partial charge is 0.416 e. The molecule has 1 aromatic carbocycles. The number of hydrogen-bond donors (Lipinski definition) is 2. The van der Waals surface area contributed by atoms with Crippen LogP contribution >= 0.6 is 11.6 Å². The van der Waals surface area contributed by atoms with Crippen molar-refractivity contribution >= 4 is 56.2 Å². The Bertz CT molecular complexity index is 1920. The summed E-state index contributed by atoms with van der Waals surface area (Å²) >= 11 is 6.08. The zero-order valence-corrected chi connectivity index (χ0v) is 27.7. The monoisotopic (exact) mass is 714 g/mol. The average Bonchev–Trinajstić information content (AvgIpc) is 3.52. The highest BCUT2D eigenvalue weighted by atomic mass is 35.5. The molecule has 2 N–H and O–H groups in total. The lowest BCUT2D eigenvalue weighted by Crippen LogP contribution is -2.52. The van der Waals surface area contributed by atoms with Gasteiger partial charge in [0.2, 0.25) is 27.6 Å². The number of sulfonamides is 1. The van der Waals surface area contributed by atoms with Crippen LogP contribution in [0.15, 0.2) is 29.1 Å². The zero-order chi connectivity index (χ0) is 34.8. The van der Waals surface area contributed by atoms with E-state index in [-0.39, 0.29) is 73.6 Å². The smallest absolute Gasteiger partial charge is 0.377 e. The van der Waals surface area contributed by atoms with E-state index in [2.05, 4.69) is 20.1 Å². The van der Waals surface area contributed by atoms with Crippen molar-refractivity contribution < 1.29 is 35.9 Å². The zero-order valence-electron chi connectivity index (χ0n) is 26.1. The summed E-state index contributed by atoms with van der Waals surface area (Å²) < 4.78 is 73.3. The number of piperazine rings is 1. The average molecular weight is 715 g/mol. The first-order valence-corrected chi connectivity index (χ1v) is 17.2. The SMILES string of the molecule is CCc1c(N2CCN(C(=O)CNS(=O)(=O)CC)CC2)c(=O)n2nc(C3=CCOCC3)nc2n1CC(=O)Nc1ccc(C(F)(F)F)cc1Cl. The number of halogens is 4. The molecule has 0 bridgehead atoms. The molecule has 0 saturated carbocycles. The van der Waals surface area contributed by atoms with Crippen molar-refractivity contribution in [3.8, 4) is 0 Å². The summed E-state index contributed by atoms with van der Waals surface area (Å²) in [6.07, 6.45) is -2.01. The molecule has 260 valence electrons. The van der Waals surface area contributed by atoms with Gasteiger partial charge >= 0.3 is 6.18 Å². The van der Waals surface area contributed by atoms with Gasteiger partial charge in [0.25, 0.3) is 5.56 Å². The number of rotatable bonds is 10. The molecule has 19 heteroatoms. The maximum atomic E-state index is 14.0. The minimum Gasteiger partial charge on any atom is -0.377 e. The summed E-state index contributed by atoms with van der Waals surface area (Å²) in [5.74, 6) is -0.817. The van der Waals surface area contributed by atoms with Crippen LogP contribution in [0.25, 0.3) is 11.4 Å². The van der Waals surface area contributed by atoms with E-state index >= 15 is 0 Å². The van der Waals surface area contributed by atoms with Crippen LogP contribution in [0.3, 0.4) is 0 Å². The van der Waals surface area contributed by atoms with E-state index in [1.165, 1.54) is 16.4 Å². The number of anilines is 2. The maximum Gasteiger partial charge on any atom is 0.416 e. The molecule has 2 amide bonds. The number of nitrogens with one attached hydrogen (secondary N) is 2. The second kappa shape index (κ2) is 14.2. The second-order valence-corrected chi connectivity index (χ2v) is 13.6. The summed E-state index contributed by atoms with van der Waals surface area (Å²) in [7, 11) is -3.56. The molecule has 14 nitrogen and oxygen atoms in total. The number of hydrogen-bond acceptors (Lipinski definition) is 9. The molecule has 0 radical (unpaired) electrons. The van der Waals surface area contributed by atoms with Crippen LogP contribution in [0.5, 0.6) is 0 Å². The van der Waals surface area contributed by atoms with Crippen molar-refractivity contribution in [1.82, 2.24) is 28.8 Å². The van der Waals surface area contributed by atoms with Gasteiger partial charge in [-0.3, -0.25) is 14.4 Å². The predicted molar refractivity (Wildman–Crippen MR) is 171 cm³/mol. The van der Waals surface area contributed by atoms with Gasteiger partial charge < -0.3 is 24.4 Å². The van der Waals surface area contributed by atoms with Gasteiger partial charge in [0.15, 0.2) is 5.82 Å². The summed E-state index contributed by atoms with van der Waals surface area (Å²) in [6, 6.07) is 2.60. The Balaban J connectivity index is 1.48. The Morgan fingerprint density at radius 2 is 1.85 bits per heavy atom. The van der Waals surface area contributed by atoms with Gasteiger partial charge in [0.05, 0.1) is 47.5 Å². The molecule has 3 aromatic rings. The van der Waals surface area contributed by atoms with Gasteiger partial charge in [0.1, 0.15) is 12.2 Å². The molecule has 1 fully saturated rings. The molecule has 0 aliphatic carbocycles. The lowest BCUT2D eigenvalue weighted by Gasteiger charge is -2.36. The lowest BCUT2D eigenvalue weighted by atomic mass is 10.1. The van der Waals surface area contributed by atoms with E-state index in [1.807, 2.05) is 6.08 Å². The van der Waals surface area contributed by atoms with Crippen LogP contribution in [-0.4, -0.2) is 96.0 Å². The molecule has 4 heterocycles. The first-order chi connectivity index (χ1) is 22.7. The highest BCUT2D eigenvalue weighted by Crippen LogP contribution is 2.34. The fourth-order valence-corrected chi connectivity index (χ4v) is 6.26. The van der Waals surface area contributed by atoms with Gasteiger partial charge in [-0.15, -0.1) is 5.10 Å². The summed E-state index contributed by atoms with van der Waals surface area (Å²) in [5, 5.41) is 6.75. The van der Waals surface area contributed by atoms with E-state index < -0.39 is 39.1 Å².